The van der Waals surface area contributed by atoms with Gasteiger partial charge in [0.05, 0.1) is 6.10 Å². The zero-order chi connectivity index (χ0) is 15.4. The molecule has 1 fully saturated rings. The number of anilines is 1. The number of nitrogens with zero attached hydrogens (tertiary/aromatic N) is 1. The van der Waals surface area contributed by atoms with Gasteiger partial charge in [-0.25, -0.2) is 9.59 Å². The maximum absolute atomic E-state index is 12.1. The van der Waals surface area contributed by atoms with E-state index < -0.39 is 5.97 Å². The zero-order valence-electron chi connectivity index (χ0n) is 11.7. The number of aromatic hydroxyl groups is 1. The first kappa shape index (κ1) is 15.1. The van der Waals surface area contributed by atoms with E-state index in [4.69, 9.17) is 9.84 Å². The van der Waals surface area contributed by atoms with Crippen molar-refractivity contribution in [1.82, 2.24) is 4.90 Å². The topological polar surface area (TPSA) is 99.1 Å². The van der Waals surface area contributed by atoms with Crippen LogP contribution < -0.4 is 5.32 Å². The minimum absolute atomic E-state index is 0.0268. The van der Waals surface area contributed by atoms with E-state index >= 15 is 0 Å². The third-order valence-electron chi connectivity index (χ3n) is 3.48. The number of benzene rings is 1. The molecule has 1 unspecified atom stereocenters. The van der Waals surface area contributed by atoms with Gasteiger partial charge in [0.15, 0.2) is 0 Å². The molecule has 2 rings (SSSR count). The largest absolute Gasteiger partial charge is 0.507 e. The Hall–Kier alpha value is -2.28. The van der Waals surface area contributed by atoms with E-state index in [-0.39, 0.29) is 23.4 Å². The fourth-order valence-electron chi connectivity index (χ4n) is 2.30. The molecule has 1 aromatic carbocycles. The maximum Gasteiger partial charge on any atom is 0.339 e. The van der Waals surface area contributed by atoms with Gasteiger partial charge in [0.2, 0.25) is 0 Å². The highest BCUT2D eigenvalue weighted by Gasteiger charge is 2.23. The Kier molecular flexibility index (Phi) is 4.64. The molecule has 0 bridgehead atoms. The number of hydrogen-bond donors (Lipinski definition) is 3. The molecule has 1 atom stereocenters. The molecule has 1 aliphatic heterocycles. The molecule has 0 saturated carbocycles. The number of amides is 2. The molecule has 3 N–H and O–H groups in total. The van der Waals surface area contributed by atoms with Crippen LogP contribution in [0.4, 0.5) is 10.5 Å². The number of hydrogen-bond acceptors (Lipinski definition) is 4. The Labute approximate surface area is 122 Å². The summed E-state index contributed by atoms with van der Waals surface area (Å²) < 4.78 is 5.26. The van der Waals surface area contributed by atoms with Crippen LogP contribution in [0.15, 0.2) is 18.2 Å². The number of rotatable bonds is 3. The number of ether oxygens (including phenoxy) is 1. The smallest absolute Gasteiger partial charge is 0.339 e. The third kappa shape index (κ3) is 3.63. The Morgan fingerprint density at radius 3 is 2.86 bits per heavy atom. The van der Waals surface area contributed by atoms with E-state index in [1.807, 2.05) is 0 Å². The molecule has 21 heavy (non-hydrogen) atoms. The number of nitrogens with one attached hydrogen (secondary N) is 1. The molecule has 0 aliphatic carbocycles. The van der Waals surface area contributed by atoms with Gasteiger partial charge in [-0.2, -0.15) is 0 Å². The molecule has 0 radical (unpaired) electrons. The number of methoxy groups -OCH3 is 1. The second-order valence-corrected chi connectivity index (χ2v) is 4.91. The number of carboxylic acids is 1. The fourth-order valence-corrected chi connectivity index (χ4v) is 2.30. The number of carbonyl (C=O) groups excluding carboxylic acids is 1. The number of carboxylic acid groups (broad SMARTS) is 1. The lowest BCUT2D eigenvalue weighted by atomic mass is 10.1. The molecule has 7 heteroatoms. The Bertz CT molecular complexity index is 546. The number of likely N-dealkylation sites (tertiary alicyclic amines) is 1. The summed E-state index contributed by atoms with van der Waals surface area (Å²) in [5.41, 5.74) is 0.0796. The van der Waals surface area contributed by atoms with Crippen molar-refractivity contribution in [3.63, 3.8) is 0 Å². The summed E-state index contributed by atoms with van der Waals surface area (Å²) in [6.07, 6.45) is 1.81. The predicted octanol–water partition coefficient (Wildman–Crippen LogP) is 1.73. The van der Waals surface area contributed by atoms with Gasteiger partial charge in [-0.15, -0.1) is 0 Å². The van der Waals surface area contributed by atoms with Gasteiger partial charge in [-0.05, 0) is 31.0 Å². The number of urea groups is 1. The van der Waals surface area contributed by atoms with Crippen LogP contribution in [0.5, 0.6) is 5.75 Å². The maximum atomic E-state index is 12.1. The highest BCUT2D eigenvalue weighted by molar-refractivity contribution is 5.95. The summed E-state index contributed by atoms with van der Waals surface area (Å²) >= 11 is 0. The number of aromatic carboxylic acids is 1. The predicted molar refractivity (Wildman–Crippen MR) is 75.7 cm³/mol. The molecule has 114 valence electrons. The first-order valence-corrected chi connectivity index (χ1v) is 6.66. The Morgan fingerprint density at radius 1 is 1.43 bits per heavy atom. The van der Waals surface area contributed by atoms with E-state index in [9.17, 15) is 14.7 Å². The monoisotopic (exact) mass is 294 g/mol. The van der Waals surface area contributed by atoms with Crippen molar-refractivity contribution in [3.8, 4) is 5.75 Å². The van der Waals surface area contributed by atoms with E-state index in [1.165, 1.54) is 18.2 Å². The van der Waals surface area contributed by atoms with Gasteiger partial charge in [-0.3, -0.25) is 0 Å². The van der Waals surface area contributed by atoms with Gasteiger partial charge in [0.1, 0.15) is 11.3 Å². The van der Waals surface area contributed by atoms with Crippen LogP contribution in [0.1, 0.15) is 23.2 Å². The van der Waals surface area contributed by atoms with Crippen LogP contribution in [-0.4, -0.2) is 53.4 Å². The molecular weight excluding hydrogens is 276 g/mol. The van der Waals surface area contributed by atoms with Crippen LogP contribution in [0.3, 0.4) is 0 Å². The lowest BCUT2D eigenvalue weighted by Gasteiger charge is -2.31. The quantitative estimate of drug-likeness (QED) is 0.737. The Balaban J connectivity index is 2.05. The number of phenols is 1. The van der Waals surface area contributed by atoms with Gasteiger partial charge in [-0.1, -0.05) is 0 Å². The van der Waals surface area contributed by atoms with E-state index in [1.54, 1.807) is 12.0 Å². The van der Waals surface area contributed by atoms with E-state index in [0.717, 1.165) is 12.8 Å². The van der Waals surface area contributed by atoms with Crippen LogP contribution in [0.25, 0.3) is 0 Å². The number of carbonyl (C=O) groups is 2. The van der Waals surface area contributed by atoms with Gasteiger partial charge >= 0.3 is 12.0 Å². The summed E-state index contributed by atoms with van der Waals surface area (Å²) in [5.74, 6) is -1.58. The summed E-state index contributed by atoms with van der Waals surface area (Å²) in [6, 6.07) is 3.62. The highest BCUT2D eigenvalue weighted by atomic mass is 16.5. The second kappa shape index (κ2) is 6.45. The van der Waals surface area contributed by atoms with Crippen LogP contribution in [0, 0.1) is 0 Å². The second-order valence-electron chi connectivity index (χ2n) is 4.91. The summed E-state index contributed by atoms with van der Waals surface area (Å²) in [4.78, 5) is 24.7. The van der Waals surface area contributed by atoms with Crippen molar-refractivity contribution in [2.45, 2.75) is 18.9 Å². The minimum atomic E-state index is -1.25. The molecule has 1 saturated heterocycles. The average Bonchev–Trinajstić information content (AvgIpc) is 2.49. The van der Waals surface area contributed by atoms with Crippen molar-refractivity contribution < 1.29 is 24.5 Å². The zero-order valence-corrected chi connectivity index (χ0v) is 11.7. The molecule has 0 aromatic heterocycles. The molecular formula is C14H18N2O5. The van der Waals surface area contributed by atoms with Crippen LogP contribution in [0.2, 0.25) is 0 Å². The number of piperidine rings is 1. The summed E-state index contributed by atoms with van der Waals surface area (Å²) in [7, 11) is 1.62. The lowest BCUT2D eigenvalue weighted by Crippen LogP contribution is -2.44. The molecule has 7 nitrogen and oxygen atoms in total. The van der Waals surface area contributed by atoms with Gasteiger partial charge in [0.25, 0.3) is 0 Å². The fraction of sp³-hybridized carbons (Fsp3) is 0.429. The minimum Gasteiger partial charge on any atom is -0.507 e. The first-order chi connectivity index (χ1) is 10.0. The van der Waals surface area contributed by atoms with Crippen LogP contribution in [-0.2, 0) is 4.74 Å². The van der Waals surface area contributed by atoms with Crippen molar-refractivity contribution in [2.75, 3.05) is 25.5 Å². The average molecular weight is 294 g/mol. The third-order valence-corrected chi connectivity index (χ3v) is 3.48. The normalized spacial score (nSPS) is 18.3. The summed E-state index contributed by atoms with van der Waals surface area (Å²) in [5, 5.41) is 21.0. The van der Waals surface area contributed by atoms with E-state index in [0.29, 0.717) is 18.8 Å². The molecule has 1 aromatic rings. The van der Waals surface area contributed by atoms with Crippen LogP contribution >= 0.6 is 0 Å². The molecule has 0 spiro atoms. The first-order valence-electron chi connectivity index (χ1n) is 6.66. The lowest BCUT2D eigenvalue weighted by molar-refractivity contribution is 0.0458. The molecule has 1 aliphatic rings. The SMILES string of the molecule is COC1CCCN(C(=O)Nc2ccc(O)c(C(=O)O)c2)C1. The Morgan fingerprint density at radius 2 is 2.19 bits per heavy atom. The molecule has 2 amide bonds. The standard InChI is InChI=1S/C14H18N2O5/c1-21-10-3-2-6-16(8-10)14(20)15-9-4-5-12(17)11(7-9)13(18)19/h4-5,7,10,17H,2-3,6,8H2,1H3,(H,15,20)(H,18,19). The van der Waals surface area contributed by atoms with Crippen molar-refractivity contribution in [1.29, 1.82) is 0 Å². The van der Waals surface area contributed by atoms with Crippen molar-refractivity contribution in [2.24, 2.45) is 0 Å². The summed E-state index contributed by atoms with van der Waals surface area (Å²) in [6.45, 7) is 1.14. The molecule has 1 heterocycles. The van der Waals surface area contributed by atoms with Gasteiger partial charge in [0, 0.05) is 25.9 Å². The van der Waals surface area contributed by atoms with E-state index in [2.05, 4.69) is 5.32 Å². The van der Waals surface area contributed by atoms with Crippen molar-refractivity contribution in [3.05, 3.63) is 23.8 Å². The van der Waals surface area contributed by atoms with Gasteiger partial charge < -0.3 is 25.2 Å². The highest BCUT2D eigenvalue weighted by Crippen LogP contribution is 2.22. The van der Waals surface area contributed by atoms with Crippen molar-refractivity contribution >= 4 is 17.7 Å².